The lowest BCUT2D eigenvalue weighted by atomic mass is 9.72. The number of likely N-dealkylation sites (N-methyl/N-ethyl adjacent to an activating group) is 1. The summed E-state index contributed by atoms with van der Waals surface area (Å²) in [6.07, 6.45) is 4.61. The van der Waals surface area contributed by atoms with E-state index < -0.39 is 0 Å². The fourth-order valence-electron chi connectivity index (χ4n) is 3.39. The third-order valence-electron chi connectivity index (χ3n) is 4.45. The van der Waals surface area contributed by atoms with E-state index in [0.717, 1.165) is 0 Å². The van der Waals surface area contributed by atoms with Crippen LogP contribution >= 0.6 is 0 Å². The lowest BCUT2D eigenvalue weighted by molar-refractivity contribution is 0.500. The summed E-state index contributed by atoms with van der Waals surface area (Å²) in [6.45, 7) is 4.30. The largest absolute Gasteiger partial charge is 0.351 e. The monoisotopic (exact) mass is 275 g/mol. The Morgan fingerprint density at radius 3 is 1.76 bits per heavy atom. The van der Waals surface area contributed by atoms with E-state index in [-0.39, 0.29) is 5.41 Å². The van der Waals surface area contributed by atoms with Crippen molar-refractivity contribution in [2.24, 2.45) is 0 Å². The van der Waals surface area contributed by atoms with Gasteiger partial charge < -0.3 is 4.90 Å². The number of nitrogens with zero attached hydrogens (tertiary/aromatic N) is 1. The molecule has 21 heavy (non-hydrogen) atoms. The van der Waals surface area contributed by atoms with Crippen LogP contribution in [0, 0.1) is 0 Å². The summed E-state index contributed by atoms with van der Waals surface area (Å²) in [5.41, 5.74) is 5.05. The summed E-state index contributed by atoms with van der Waals surface area (Å²) >= 11 is 0. The first-order valence-corrected chi connectivity index (χ1v) is 7.41. The molecule has 2 aromatic carbocycles. The van der Waals surface area contributed by atoms with Crippen molar-refractivity contribution < 1.29 is 0 Å². The van der Waals surface area contributed by atoms with Crippen molar-refractivity contribution in [2.75, 3.05) is 7.05 Å². The van der Waals surface area contributed by atoms with E-state index in [9.17, 15) is 0 Å². The molecule has 1 heteroatoms. The molecule has 1 heterocycles. The van der Waals surface area contributed by atoms with E-state index in [2.05, 4.69) is 98.6 Å². The predicted molar refractivity (Wildman–Crippen MR) is 88.9 cm³/mol. The maximum atomic E-state index is 2.38. The summed E-state index contributed by atoms with van der Waals surface area (Å²) in [6, 6.07) is 21.5. The normalized spacial score (nSPS) is 18.9. The van der Waals surface area contributed by atoms with Crippen LogP contribution in [0.15, 0.2) is 84.2 Å². The van der Waals surface area contributed by atoms with Gasteiger partial charge in [0.1, 0.15) is 0 Å². The maximum absolute atomic E-state index is 2.38. The highest BCUT2D eigenvalue weighted by Gasteiger charge is 2.42. The van der Waals surface area contributed by atoms with Crippen molar-refractivity contribution in [2.45, 2.75) is 19.3 Å². The van der Waals surface area contributed by atoms with Gasteiger partial charge in [0.05, 0.1) is 5.41 Å². The Balaban J connectivity index is 2.32. The second kappa shape index (κ2) is 5.25. The Kier molecular flexibility index (Phi) is 3.42. The molecular weight excluding hydrogens is 254 g/mol. The maximum Gasteiger partial charge on any atom is 0.0800 e. The van der Waals surface area contributed by atoms with E-state index in [1.54, 1.807) is 0 Å². The number of hydrogen-bond acceptors (Lipinski definition) is 1. The van der Waals surface area contributed by atoms with Crippen LogP contribution in [0.1, 0.15) is 25.0 Å². The molecule has 0 fully saturated rings. The molecule has 0 bridgehead atoms. The number of benzene rings is 2. The number of hydrogen-bond donors (Lipinski definition) is 0. The van der Waals surface area contributed by atoms with Gasteiger partial charge in [0.2, 0.25) is 0 Å². The van der Waals surface area contributed by atoms with Crippen LogP contribution in [-0.2, 0) is 5.41 Å². The zero-order valence-electron chi connectivity index (χ0n) is 12.9. The molecule has 106 valence electrons. The van der Waals surface area contributed by atoms with Crippen molar-refractivity contribution in [3.8, 4) is 0 Å². The van der Waals surface area contributed by atoms with E-state index in [4.69, 9.17) is 0 Å². The summed E-state index contributed by atoms with van der Waals surface area (Å²) in [7, 11) is 2.15. The second-order valence-electron chi connectivity index (χ2n) is 5.56. The molecule has 0 saturated carbocycles. The molecule has 0 saturated heterocycles. The molecule has 0 radical (unpaired) electrons. The smallest absolute Gasteiger partial charge is 0.0800 e. The molecule has 0 atom stereocenters. The van der Waals surface area contributed by atoms with Gasteiger partial charge in [0, 0.05) is 18.4 Å². The van der Waals surface area contributed by atoms with Gasteiger partial charge in [0.25, 0.3) is 0 Å². The minimum Gasteiger partial charge on any atom is -0.351 e. The van der Waals surface area contributed by atoms with Gasteiger partial charge in [0.15, 0.2) is 0 Å². The van der Waals surface area contributed by atoms with Crippen LogP contribution in [0.5, 0.6) is 0 Å². The van der Waals surface area contributed by atoms with E-state index in [0.29, 0.717) is 0 Å². The average molecular weight is 275 g/mol. The molecule has 0 amide bonds. The fourth-order valence-corrected chi connectivity index (χ4v) is 3.39. The molecule has 1 nitrogen and oxygen atoms in total. The Morgan fingerprint density at radius 1 is 0.857 bits per heavy atom. The molecule has 3 rings (SSSR count). The van der Waals surface area contributed by atoms with Crippen molar-refractivity contribution in [3.05, 3.63) is 95.3 Å². The summed E-state index contributed by atoms with van der Waals surface area (Å²) in [4.78, 5) is 2.29. The zero-order valence-corrected chi connectivity index (χ0v) is 12.9. The van der Waals surface area contributed by atoms with Crippen LogP contribution in [0.4, 0.5) is 0 Å². The van der Waals surface area contributed by atoms with Gasteiger partial charge in [-0.15, -0.1) is 0 Å². The Bertz CT molecular complexity index is 641. The van der Waals surface area contributed by atoms with E-state index >= 15 is 0 Å². The lowest BCUT2D eigenvalue weighted by Crippen LogP contribution is -2.29. The topological polar surface area (TPSA) is 3.24 Å². The highest BCUT2D eigenvalue weighted by molar-refractivity contribution is 5.57. The van der Waals surface area contributed by atoms with Crippen molar-refractivity contribution in [3.63, 3.8) is 0 Å². The van der Waals surface area contributed by atoms with Crippen LogP contribution in [-0.4, -0.2) is 11.9 Å². The van der Waals surface area contributed by atoms with Crippen LogP contribution in [0.25, 0.3) is 0 Å². The zero-order chi connectivity index (χ0) is 14.9. The predicted octanol–water partition coefficient (Wildman–Crippen LogP) is 4.73. The molecule has 0 aliphatic carbocycles. The van der Waals surface area contributed by atoms with Crippen molar-refractivity contribution >= 4 is 0 Å². The molecule has 0 aromatic heterocycles. The SMILES string of the molecule is CC=C1N(C)C(C)=CC1(c1ccccc1)c1ccccc1. The third-order valence-corrected chi connectivity index (χ3v) is 4.45. The highest BCUT2D eigenvalue weighted by Crippen LogP contribution is 2.47. The van der Waals surface area contributed by atoms with Crippen LogP contribution in [0.3, 0.4) is 0 Å². The summed E-state index contributed by atoms with van der Waals surface area (Å²) in [5, 5.41) is 0. The Labute approximate surface area is 127 Å². The standard InChI is InChI=1S/C20H21N/c1-4-19-20(15-16(2)21(19)3,17-11-7-5-8-12-17)18-13-9-6-10-14-18/h4-15H,1-3H3. The van der Waals surface area contributed by atoms with Gasteiger partial charge in [-0.1, -0.05) is 66.7 Å². The van der Waals surface area contributed by atoms with E-state index in [1.807, 2.05) is 0 Å². The number of allylic oxidation sites excluding steroid dienone is 3. The van der Waals surface area contributed by atoms with Crippen LogP contribution < -0.4 is 0 Å². The van der Waals surface area contributed by atoms with Gasteiger partial charge in [-0.3, -0.25) is 0 Å². The van der Waals surface area contributed by atoms with E-state index in [1.165, 1.54) is 22.5 Å². The van der Waals surface area contributed by atoms with Crippen LogP contribution in [0.2, 0.25) is 0 Å². The average Bonchev–Trinajstić information content (AvgIpc) is 2.81. The molecule has 1 aliphatic heterocycles. The molecular formula is C20H21N. The summed E-state index contributed by atoms with van der Waals surface area (Å²) < 4.78 is 0. The van der Waals surface area contributed by atoms with Gasteiger partial charge >= 0.3 is 0 Å². The minimum atomic E-state index is -0.184. The lowest BCUT2D eigenvalue weighted by Gasteiger charge is -2.33. The minimum absolute atomic E-state index is 0.184. The highest BCUT2D eigenvalue weighted by atomic mass is 15.1. The number of rotatable bonds is 2. The molecule has 2 aromatic rings. The van der Waals surface area contributed by atoms with Crippen molar-refractivity contribution in [1.29, 1.82) is 0 Å². The third kappa shape index (κ3) is 2.01. The first kappa shape index (κ1) is 13.7. The van der Waals surface area contributed by atoms with Gasteiger partial charge in [-0.25, -0.2) is 0 Å². The fraction of sp³-hybridized carbons (Fsp3) is 0.200. The molecule has 1 aliphatic rings. The van der Waals surface area contributed by atoms with Gasteiger partial charge in [-0.05, 0) is 31.1 Å². The quantitative estimate of drug-likeness (QED) is 0.766. The summed E-state index contributed by atoms with van der Waals surface area (Å²) in [5.74, 6) is 0. The Morgan fingerprint density at radius 2 is 1.33 bits per heavy atom. The first-order chi connectivity index (χ1) is 10.2. The Hall–Kier alpha value is -2.28. The molecule has 0 spiro atoms. The second-order valence-corrected chi connectivity index (χ2v) is 5.56. The molecule has 0 N–H and O–H groups in total. The first-order valence-electron chi connectivity index (χ1n) is 7.41. The van der Waals surface area contributed by atoms with Crippen molar-refractivity contribution in [1.82, 2.24) is 4.90 Å². The molecule has 0 unspecified atom stereocenters. The van der Waals surface area contributed by atoms with Gasteiger partial charge in [-0.2, -0.15) is 0 Å².